The van der Waals surface area contributed by atoms with E-state index >= 15 is 0 Å². The van der Waals surface area contributed by atoms with Crippen LogP contribution in [0.5, 0.6) is 5.75 Å². The van der Waals surface area contributed by atoms with E-state index in [4.69, 9.17) is 21.4 Å². The fourth-order valence-corrected chi connectivity index (χ4v) is 3.54. The molecule has 1 aliphatic heterocycles. The number of rotatable bonds is 4. The van der Waals surface area contributed by atoms with Gasteiger partial charge in [-0.05, 0) is 18.9 Å². The number of fused-ring (bicyclic) bond motifs is 1. The first-order valence-corrected chi connectivity index (χ1v) is 7.99. The lowest BCUT2D eigenvalue weighted by atomic mass is 9.81. The molecular weight excluding hydrogens is 341 g/mol. The molecule has 1 aliphatic carbocycles. The van der Waals surface area contributed by atoms with Crippen molar-refractivity contribution < 1.29 is 28.6 Å². The van der Waals surface area contributed by atoms with Crippen LogP contribution >= 0.6 is 11.6 Å². The number of hydrogen-bond acceptors (Lipinski definition) is 4. The van der Waals surface area contributed by atoms with Gasteiger partial charge in [0.2, 0.25) is 11.8 Å². The molecule has 2 amide bonds. The van der Waals surface area contributed by atoms with Crippen LogP contribution in [0, 0.1) is 17.7 Å². The van der Waals surface area contributed by atoms with Crippen LogP contribution in [0.3, 0.4) is 0 Å². The summed E-state index contributed by atoms with van der Waals surface area (Å²) in [7, 11) is 0. The molecule has 1 N–H and O–H groups in total. The van der Waals surface area contributed by atoms with E-state index in [9.17, 15) is 18.8 Å². The number of halogens is 2. The van der Waals surface area contributed by atoms with Crippen LogP contribution < -0.4 is 9.64 Å². The number of anilines is 1. The molecule has 0 bridgehead atoms. The molecule has 1 saturated carbocycles. The lowest BCUT2D eigenvalue weighted by Gasteiger charge is -2.19. The van der Waals surface area contributed by atoms with Crippen molar-refractivity contribution >= 4 is 35.1 Å². The Balaban J connectivity index is 1.96. The maximum atomic E-state index is 14.3. The smallest absolute Gasteiger partial charge is 0.341 e. The Morgan fingerprint density at radius 2 is 1.83 bits per heavy atom. The van der Waals surface area contributed by atoms with Gasteiger partial charge in [0.05, 0.1) is 22.5 Å². The van der Waals surface area contributed by atoms with Crippen molar-refractivity contribution in [3.05, 3.63) is 23.0 Å². The molecule has 1 aromatic rings. The Bertz CT molecular complexity index is 699. The van der Waals surface area contributed by atoms with E-state index in [1.807, 2.05) is 0 Å². The summed E-state index contributed by atoms with van der Waals surface area (Å²) < 4.78 is 19.3. The minimum Gasteiger partial charge on any atom is -0.480 e. The predicted octanol–water partition coefficient (Wildman–Crippen LogP) is 2.62. The molecule has 8 heteroatoms. The second kappa shape index (κ2) is 6.39. The minimum atomic E-state index is -1.23. The zero-order valence-electron chi connectivity index (χ0n) is 12.6. The van der Waals surface area contributed by atoms with Crippen molar-refractivity contribution in [3.63, 3.8) is 0 Å². The van der Waals surface area contributed by atoms with Gasteiger partial charge < -0.3 is 9.84 Å². The molecule has 0 spiro atoms. The van der Waals surface area contributed by atoms with Crippen LogP contribution in [0.1, 0.15) is 25.7 Å². The van der Waals surface area contributed by atoms with Gasteiger partial charge in [-0.15, -0.1) is 0 Å². The van der Waals surface area contributed by atoms with Crippen molar-refractivity contribution in [1.29, 1.82) is 0 Å². The summed E-state index contributed by atoms with van der Waals surface area (Å²) in [5, 5.41) is 8.53. The number of hydrogen-bond donors (Lipinski definition) is 1. The monoisotopic (exact) mass is 355 g/mol. The molecule has 3 rings (SSSR count). The Hall–Kier alpha value is -2.15. The summed E-state index contributed by atoms with van der Waals surface area (Å²) in [6, 6.07) is 2.02. The van der Waals surface area contributed by atoms with Gasteiger partial charge in [-0.1, -0.05) is 24.4 Å². The number of benzene rings is 1. The first-order valence-electron chi connectivity index (χ1n) is 7.61. The zero-order chi connectivity index (χ0) is 17.4. The van der Waals surface area contributed by atoms with Crippen LogP contribution in [0.4, 0.5) is 10.1 Å². The molecule has 0 radical (unpaired) electrons. The highest BCUT2D eigenvalue weighted by molar-refractivity contribution is 6.32. The molecule has 1 aromatic carbocycles. The molecule has 2 unspecified atom stereocenters. The maximum Gasteiger partial charge on any atom is 0.341 e. The fourth-order valence-electron chi connectivity index (χ4n) is 3.34. The van der Waals surface area contributed by atoms with Crippen molar-refractivity contribution in [2.75, 3.05) is 11.5 Å². The van der Waals surface area contributed by atoms with Crippen molar-refractivity contribution in [1.82, 2.24) is 0 Å². The van der Waals surface area contributed by atoms with Crippen LogP contribution in [0.2, 0.25) is 5.02 Å². The van der Waals surface area contributed by atoms with E-state index in [0.717, 1.165) is 29.9 Å². The van der Waals surface area contributed by atoms with Gasteiger partial charge in [0.15, 0.2) is 6.61 Å². The van der Waals surface area contributed by atoms with Crippen molar-refractivity contribution in [2.24, 2.45) is 11.8 Å². The van der Waals surface area contributed by atoms with Crippen LogP contribution in [0.15, 0.2) is 12.1 Å². The standard InChI is InChI=1S/C16H15ClFNO5/c17-10-5-11(18)12(6-13(10)24-7-14(20)21)19-15(22)8-3-1-2-4-9(8)16(19)23/h5-6,8-9H,1-4,7H2,(H,20,21). The summed E-state index contributed by atoms with van der Waals surface area (Å²) >= 11 is 5.84. The zero-order valence-corrected chi connectivity index (χ0v) is 13.4. The summed E-state index contributed by atoms with van der Waals surface area (Å²) in [4.78, 5) is 36.5. The lowest BCUT2D eigenvalue weighted by Crippen LogP contribution is -2.31. The van der Waals surface area contributed by atoms with Gasteiger partial charge in [-0.3, -0.25) is 9.59 Å². The third kappa shape index (κ3) is 2.84. The van der Waals surface area contributed by atoms with E-state index in [1.54, 1.807) is 0 Å². The Kier molecular flexibility index (Phi) is 4.45. The number of carboxylic acid groups (broad SMARTS) is 1. The summed E-state index contributed by atoms with van der Waals surface area (Å²) in [5.41, 5.74) is -0.246. The van der Waals surface area contributed by atoms with Gasteiger partial charge in [0, 0.05) is 6.07 Å². The molecule has 2 fully saturated rings. The molecule has 2 aliphatic rings. The third-order valence-electron chi connectivity index (χ3n) is 4.43. The molecule has 6 nitrogen and oxygen atoms in total. The van der Waals surface area contributed by atoms with Crippen LogP contribution in [-0.2, 0) is 14.4 Å². The van der Waals surface area contributed by atoms with E-state index in [0.29, 0.717) is 12.8 Å². The highest BCUT2D eigenvalue weighted by atomic mass is 35.5. The number of amides is 2. The number of carbonyl (C=O) groups is 3. The van der Waals surface area contributed by atoms with E-state index in [2.05, 4.69) is 0 Å². The quantitative estimate of drug-likeness (QED) is 0.839. The molecule has 2 atom stereocenters. The first-order chi connectivity index (χ1) is 11.4. The van der Waals surface area contributed by atoms with Crippen molar-refractivity contribution in [3.8, 4) is 5.75 Å². The summed E-state index contributed by atoms with van der Waals surface area (Å²) in [6.07, 6.45) is 2.96. The number of ether oxygens (including phenoxy) is 1. The van der Waals surface area contributed by atoms with Gasteiger partial charge in [-0.2, -0.15) is 0 Å². The second-order valence-corrected chi connectivity index (χ2v) is 6.33. The first kappa shape index (κ1) is 16.7. The summed E-state index contributed by atoms with van der Waals surface area (Å²) in [6.45, 7) is -0.669. The summed E-state index contributed by atoms with van der Waals surface area (Å²) in [5.74, 6) is -3.81. The molecule has 0 aromatic heterocycles. The highest BCUT2D eigenvalue weighted by Gasteiger charge is 2.49. The largest absolute Gasteiger partial charge is 0.480 e. The third-order valence-corrected chi connectivity index (χ3v) is 4.73. The van der Waals surface area contributed by atoms with Crippen molar-refractivity contribution in [2.45, 2.75) is 25.7 Å². The van der Waals surface area contributed by atoms with Gasteiger partial charge in [-0.25, -0.2) is 14.1 Å². The van der Waals surface area contributed by atoms with E-state index in [1.165, 1.54) is 0 Å². The normalized spacial score (nSPS) is 23.3. The SMILES string of the molecule is O=C(O)COc1cc(N2C(=O)C3CCCCC3C2=O)c(F)cc1Cl. The number of nitrogens with zero attached hydrogens (tertiary/aromatic N) is 1. The maximum absolute atomic E-state index is 14.3. The van der Waals surface area contributed by atoms with Gasteiger partial charge in [0.1, 0.15) is 11.6 Å². The molecule has 24 heavy (non-hydrogen) atoms. The molecule has 128 valence electrons. The van der Waals surface area contributed by atoms with Crippen LogP contribution in [-0.4, -0.2) is 29.5 Å². The number of aliphatic carboxylic acids is 1. The Morgan fingerprint density at radius 3 is 2.38 bits per heavy atom. The number of carbonyl (C=O) groups excluding carboxylic acids is 2. The van der Waals surface area contributed by atoms with E-state index in [-0.39, 0.29) is 16.5 Å². The molecule has 1 saturated heterocycles. The second-order valence-electron chi connectivity index (χ2n) is 5.93. The van der Waals surface area contributed by atoms with E-state index < -0.39 is 42.0 Å². The average molecular weight is 356 g/mol. The Labute approximate surface area is 142 Å². The minimum absolute atomic E-state index is 0.0917. The molecule has 1 heterocycles. The van der Waals surface area contributed by atoms with Crippen LogP contribution in [0.25, 0.3) is 0 Å². The average Bonchev–Trinajstić information content (AvgIpc) is 2.79. The fraction of sp³-hybridized carbons (Fsp3) is 0.438. The van der Waals surface area contributed by atoms with Gasteiger partial charge >= 0.3 is 5.97 Å². The number of imide groups is 1. The van der Waals surface area contributed by atoms with Gasteiger partial charge in [0.25, 0.3) is 0 Å². The highest BCUT2D eigenvalue weighted by Crippen LogP contribution is 2.42. The number of carboxylic acids is 1. The predicted molar refractivity (Wildman–Crippen MR) is 82.5 cm³/mol. The molecular formula is C16H15ClFNO5. The lowest BCUT2D eigenvalue weighted by molar-refractivity contribution is -0.139. The Morgan fingerprint density at radius 1 is 1.25 bits per heavy atom. The topological polar surface area (TPSA) is 83.9 Å².